The molecule has 0 heterocycles. The van der Waals surface area contributed by atoms with Crippen molar-refractivity contribution in [1.82, 2.24) is 10.2 Å². The molecule has 114 valence electrons. The van der Waals surface area contributed by atoms with Crippen LogP contribution in [0.1, 0.15) is 31.2 Å². The van der Waals surface area contributed by atoms with Crippen molar-refractivity contribution in [2.24, 2.45) is 5.92 Å². The molecule has 5 heteroatoms. The summed E-state index contributed by atoms with van der Waals surface area (Å²) in [4.78, 5) is 24.9. The number of nitrogens with zero attached hydrogens (tertiary/aromatic N) is 1. The third-order valence-corrected chi connectivity index (χ3v) is 3.55. The van der Waals surface area contributed by atoms with Gasteiger partial charge in [0.15, 0.2) is 0 Å². The van der Waals surface area contributed by atoms with Crippen LogP contribution in [0.3, 0.4) is 0 Å². The first-order chi connectivity index (χ1) is 10.1. The van der Waals surface area contributed by atoms with Gasteiger partial charge in [0, 0.05) is 32.5 Å². The first-order valence-corrected chi connectivity index (χ1v) is 7.32. The van der Waals surface area contributed by atoms with Gasteiger partial charge in [-0.2, -0.15) is 0 Å². The fourth-order valence-electron chi connectivity index (χ4n) is 2.13. The summed E-state index contributed by atoms with van der Waals surface area (Å²) in [5, 5.41) is 2.84. The van der Waals surface area contributed by atoms with E-state index < -0.39 is 0 Å². The van der Waals surface area contributed by atoms with E-state index in [-0.39, 0.29) is 23.5 Å². The maximum Gasteiger partial charge on any atom is 0.223 e. The molecule has 0 aliphatic heterocycles. The average Bonchev–Trinajstić information content (AvgIpc) is 3.27. The predicted octanol–water partition coefficient (Wildman–Crippen LogP) is 2.09. The molecule has 2 rings (SSSR count). The van der Waals surface area contributed by atoms with Gasteiger partial charge in [0.05, 0.1) is 0 Å². The third-order valence-electron chi connectivity index (χ3n) is 3.55. The summed E-state index contributed by atoms with van der Waals surface area (Å²) in [5.74, 6) is 0.0167. The normalized spacial score (nSPS) is 13.8. The summed E-state index contributed by atoms with van der Waals surface area (Å²) in [6.45, 7) is 0.930. The fourth-order valence-corrected chi connectivity index (χ4v) is 2.13. The van der Waals surface area contributed by atoms with Crippen LogP contribution in [0.5, 0.6) is 0 Å². The molecule has 1 aliphatic carbocycles. The van der Waals surface area contributed by atoms with Crippen LogP contribution >= 0.6 is 0 Å². The van der Waals surface area contributed by atoms with Gasteiger partial charge in [0.25, 0.3) is 0 Å². The molecular formula is C16H21FN2O2. The Kier molecular flexibility index (Phi) is 5.31. The van der Waals surface area contributed by atoms with E-state index >= 15 is 0 Å². The molecule has 0 unspecified atom stereocenters. The van der Waals surface area contributed by atoms with Gasteiger partial charge in [0.1, 0.15) is 5.82 Å². The molecule has 0 radical (unpaired) electrons. The second-order valence-electron chi connectivity index (χ2n) is 5.55. The molecule has 2 amide bonds. The number of rotatable bonds is 7. The van der Waals surface area contributed by atoms with Gasteiger partial charge < -0.3 is 10.2 Å². The molecule has 1 aliphatic rings. The summed E-state index contributed by atoms with van der Waals surface area (Å²) in [5.41, 5.74) is 0.771. The number of halogens is 1. The van der Waals surface area contributed by atoms with E-state index in [0.717, 1.165) is 18.4 Å². The molecular weight excluding hydrogens is 271 g/mol. The summed E-state index contributed by atoms with van der Waals surface area (Å²) < 4.78 is 13.1. The Bertz CT molecular complexity index is 515. The first kappa shape index (κ1) is 15.5. The molecule has 1 aromatic carbocycles. The second kappa shape index (κ2) is 7.20. The van der Waals surface area contributed by atoms with Crippen molar-refractivity contribution in [3.8, 4) is 0 Å². The zero-order valence-corrected chi connectivity index (χ0v) is 12.3. The summed E-state index contributed by atoms with van der Waals surface area (Å²) in [6, 6.07) is 6.24. The van der Waals surface area contributed by atoms with Crippen LogP contribution in [-0.4, -0.2) is 30.3 Å². The number of carbonyl (C=O) groups is 2. The largest absolute Gasteiger partial charge is 0.356 e. The molecule has 0 spiro atoms. The Morgan fingerprint density at radius 3 is 2.81 bits per heavy atom. The summed E-state index contributed by atoms with van der Waals surface area (Å²) >= 11 is 0. The zero-order valence-electron chi connectivity index (χ0n) is 12.3. The van der Waals surface area contributed by atoms with Gasteiger partial charge in [-0.05, 0) is 37.0 Å². The van der Waals surface area contributed by atoms with Crippen molar-refractivity contribution in [3.63, 3.8) is 0 Å². The van der Waals surface area contributed by atoms with E-state index in [1.807, 2.05) is 0 Å². The Morgan fingerprint density at radius 2 is 2.14 bits per heavy atom. The molecule has 0 saturated heterocycles. The van der Waals surface area contributed by atoms with E-state index in [9.17, 15) is 14.0 Å². The lowest BCUT2D eigenvalue weighted by atomic mass is 10.2. The van der Waals surface area contributed by atoms with Gasteiger partial charge in [-0.1, -0.05) is 12.1 Å². The topological polar surface area (TPSA) is 49.4 Å². The smallest absolute Gasteiger partial charge is 0.223 e. The van der Waals surface area contributed by atoms with Crippen molar-refractivity contribution in [2.75, 3.05) is 13.6 Å². The molecule has 1 saturated carbocycles. The van der Waals surface area contributed by atoms with E-state index in [1.165, 1.54) is 12.1 Å². The highest BCUT2D eigenvalue weighted by atomic mass is 19.1. The van der Waals surface area contributed by atoms with Crippen LogP contribution in [-0.2, 0) is 16.1 Å². The molecule has 1 fully saturated rings. The van der Waals surface area contributed by atoms with E-state index in [2.05, 4.69) is 5.32 Å². The lowest BCUT2D eigenvalue weighted by molar-refractivity contribution is -0.130. The highest BCUT2D eigenvalue weighted by molar-refractivity contribution is 5.81. The highest BCUT2D eigenvalue weighted by Crippen LogP contribution is 2.28. The van der Waals surface area contributed by atoms with Crippen molar-refractivity contribution in [1.29, 1.82) is 0 Å². The van der Waals surface area contributed by atoms with Gasteiger partial charge in [-0.25, -0.2) is 4.39 Å². The van der Waals surface area contributed by atoms with Crippen molar-refractivity contribution in [3.05, 3.63) is 35.6 Å². The summed E-state index contributed by atoms with van der Waals surface area (Å²) in [6.07, 6.45) is 2.99. The lowest BCUT2D eigenvalue weighted by Gasteiger charge is -2.17. The van der Waals surface area contributed by atoms with Crippen LogP contribution in [0.25, 0.3) is 0 Å². The Labute approximate surface area is 124 Å². The van der Waals surface area contributed by atoms with E-state index in [1.54, 1.807) is 24.1 Å². The number of hydrogen-bond acceptors (Lipinski definition) is 2. The van der Waals surface area contributed by atoms with Gasteiger partial charge in [0.2, 0.25) is 11.8 Å². The standard InChI is InChI=1S/C16H21FN2O2/c1-19(11-12-4-2-5-14(17)10-12)15(20)6-3-9-18-16(21)13-7-8-13/h2,4-5,10,13H,3,6-9,11H2,1H3,(H,18,21). The number of carbonyl (C=O) groups excluding carboxylic acids is 2. The minimum Gasteiger partial charge on any atom is -0.356 e. The maximum atomic E-state index is 13.1. The summed E-state index contributed by atoms with van der Waals surface area (Å²) in [7, 11) is 1.70. The minimum atomic E-state index is -0.295. The SMILES string of the molecule is CN(Cc1cccc(F)c1)C(=O)CCCNC(=O)C1CC1. The second-order valence-corrected chi connectivity index (χ2v) is 5.55. The van der Waals surface area contributed by atoms with Gasteiger partial charge in [-0.3, -0.25) is 9.59 Å². The van der Waals surface area contributed by atoms with E-state index in [0.29, 0.717) is 25.9 Å². The minimum absolute atomic E-state index is 0.0000628. The third kappa shape index (κ3) is 5.17. The molecule has 0 aromatic heterocycles. The first-order valence-electron chi connectivity index (χ1n) is 7.32. The van der Waals surface area contributed by atoms with Crippen molar-refractivity contribution in [2.45, 2.75) is 32.2 Å². The molecule has 21 heavy (non-hydrogen) atoms. The van der Waals surface area contributed by atoms with Crippen LogP contribution < -0.4 is 5.32 Å². The van der Waals surface area contributed by atoms with Crippen molar-refractivity contribution < 1.29 is 14.0 Å². The van der Waals surface area contributed by atoms with Crippen molar-refractivity contribution >= 4 is 11.8 Å². The zero-order chi connectivity index (χ0) is 15.2. The molecule has 0 atom stereocenters. The molecule has 4 nitrogen and oxygen atoms in total. The Morgan fingerprint density at radius 1 is 1.38 bits per heavy atom. The van der Waals surface area contributed by atoms with E-state index in [4.69, 9.17) is 0 Å². The monoisotopic (exact) mass is 292 g/mol. The van der Waals surface area contributed by atoms with Gasteiger partial charge in [-0.15, -0.1) is 0 Å². The molecule has 1 aromatic rings. The van der Waals surface area contributed by atoms with Gasteiger partial charge >= 0.3 is 0 Å². The van der Waals surface area contributed by atoms with Crippen LogP contribution in [0.2, 0.25) is 0 Å². The maximum absolute atomic E-state index is 13.1. The predicted molar refractivity (Wildman–Crippen MR) is 77.8 cm³/mol. The Balaban J connectivity index is 1.66. The Hall–Kier alpha value is -1.91. The van der Waals surface area contributed by atoms with Crippen LogP contribution in [0, 0.1) is 11.7 Å². The van der Waals surface area contributed by atoms with Crippen LogP contribution in [0.15, 0.2) is 24.3 Å². The van der Waals surface area contributed by atoms with Crippen LogP contribution in [0.4, 0.5) is 4.39 Å². The highest BCUT2D eigenvalue weighted by Gasteiger charge is 2.29. The average molecular weight is 292 g/mol. The molecule has 1 N–H and O–H groups in total. The number of nitrogens with one attached hydrogen (secondary N) is 1. The quantitative estimate of drug-likeness (QED) is 0.782. The lowest BCUT2D eigenvalue weighted by Crippen LogP contribution is -2.29. The number of hydrogen-bond donors (Lipinski definition) is 1. The molecule has 0 bridgehead atoms. The fraction of sp³-hybridized carbons (Fsp3) is 0.500. The number of amides is 2. The number of benzene rings is 1.